The van der Waals surface area contributed by atoms with Crippen LogP contribution in [0.25, 0.3) is 23.9 Å². The van der Waals surface area contributed by atoms with E-state index in [0.29, 0.717) is 0 Å². The molecule has 1 atom stereocenters. The molecule has 1 fully saturated rings. The first-order valence-electron chi connectivity index (χ1n) is 16.9. The van der Waals surface area contributed by atoms with Gasteiger partial charge in [-0.25, -0.2) is 0 Å². The number of anilines is 1. The molecule has 0 saturated carbocycles. The fraction of sp³-hybridized carbons (Fsp3) is 0.375. The lowest BCUT2D eigenvalue weighted by Crippen LogP contribution is -2.44. The van der Waals surface area contributed by atoms with Crippen LogP contribution in [0.2, 0.25) is 5.02 Å². The molecule has 1 saturated heterocycles. The molecule has 2 aromatic carbocycles. The van der Waals surface area contributed by atoms with Crippen molar-refractivity contribution in [2.24, 2.45) is 10.7 Å². The lowest BCUT2D eigenvalue weighted by molar-refractivity contribution is 0.190. The Morgan fingerprint density at radius 1 is 0.938 bits per heavy atom. The van der Waals surface area contributed by atoms with E-state index in [9.17, 15) is 0 Å². The maximum absolute atomic E-state index is 6.18. The fourth-order valence-corrected chi connectivity index (χ4v) is 7.12. The third kappa shape index (κ3) is 9.43. The van der Waals surface area contributed by atoms with Gasteiger partial charge in [0.05, 0.1) is 18.4 Å². The van der Waals surface area contributed by atoms with Gasteiger partial charge in [-0.15, -0.1) is 11.3 Å². The van der Waals surface area contributed by atoms with Crippen molar-refractivity contribution in [2.45, 2.75) is 61.1 Å². The van der Waals surface area contributed by atoms with Crippen LogP contribution in [0.5, 0.6) is 0 Å². The number of allylic oxidation sites excluding steroid dienone is 2. The van der Waals surface area contributed by atoms with Gasteiger partial charge in [0, 0.05) is 86.6 Å². The van der Waals surface area contributed by atoms with Gasteiger partial charge in [0.25, 0.3) is 0 Å². The summed E-state index contributed by atoms with van der Waals surface area (Å²) in [5.74, 6) is 0. The molecule has 258 valence electrons. The highest BCUT2D eigenvalue weighted by molar-refractivity contribution is 7.16. The van der Waals surface area contributed by atoms with E-state index < -0.39 is 0 Å². The number of aromatic nitrogens is 1. The number of halogens is 1. The Morgan fingerprint density at radius 3 is 1.98 bits per heavy atom. The van der Waals surface area contributed by atoms with Gasteiger partial charge in [-0.1, -0.05) is 95.1 Å². The lowest BCUT2D eigenvalue weighted by Gasteiger charge is -2.38. The number of hydrogen-bond acceptors (Lipinski definition) is 6. The minimum Gasteiger partial charge on any atom is -0.372 e. The molecule has 0 amide bonds. The van der Waals surface area contributed by atoms with Crippen LogP contribution in [-0.2, 0) is 0 Å². The van der Waals surface area contributed by atoms with E-state index in [1.807, 2.05) is 80.6 Å². The number of piperazine rings is 1. The predicted octanol–water partition coefficient (Wildman–Crippen LogP) is 8.06. The van der Waals surface area contributed by atoms with Crippen LogP contribution in [-0.4, -0.2) is 65.9 Å². The van der Waals surface area contributed by atoms with Gasteiger partial charge < -0.3 is 25.4 Å². The highest BCUT2D eigenvalue weighted by Crippen LogP contribution is 2.39. The number of aryl methyl sites for hydroxylation is 1. The molecule has 1 unspecified atom stereocenters. The average molecular weight is 687 g/mol. The molecule has 0 aliphatic carbocycles. The van der Waals surface area contributed by atoms with E-state index in [2.05, 4.69) is 73.7 Å². The van der Waals surface area contributed by atoms with Crippen LogP contribution in [0.3, 0.4) is 0 Å². The van der Waals surface area contributed by atoms with Crippen molar-refractivity contribution in [3.8, 4) is 0 Å². The van der Waals surface area contributed by atoms with Crippen LogP contribution in [0.1, 0.15) is 62.6 Å². The highest BCUT2D eigenvalue weighted by atomic mass is 35.5. The molecule has 3 N–H and O–H groups in total. The van der Waals surface area contributed by atoms with Gasteiger partial charge in [0.1, 0.15) is 5.00 Å². The summed E-state index contributed by atoms with van der Waals surface area (Å²) in [6.07, 6.45) is 1.04. The number of aliphatic imine (C=N–C) groups is 1. The minimum atomic E-state index is -0.0176. The summed E-state index contributed by atoms with van der Waals surface area (Å²) in [6, 6.07) is 16.0. The van der Waals surface area contributed by atoms with Gasteiger partial charge in [-0.3, -0.25) is 4.99 Å². The number of fused-ring (bicyclic) bond motifs is 2. The molecule has 0 radical (unpaired) electrons. The van der Waals surface area contributed by atoms with Crippen molar-refractivity contribution in [1.82, 2.24) is 14.8 Å². The highest BCUT2D eigenvalue weighted by Gasteiger charge is 2.26. The second-order valence-electron chi connectivity index (χ2n) is 11.9. The fourth-order valence-electron chi connectivity index (χ4n) is 5.73. The normalized spacial score (nSPS) is 14.6. The summed E-state index contributed by atoms with van der Waals surface area (Å²) in [6.45, 7) is 36.3. The smallest absolute Gasteiger partial charge is 0.102 e. The molecule has 4 heterocycles. The second kappa shape index (κ2) is 18.1. The summed E-state index contributed by atoms with van der Waals surface area (Å²) in [7, 11) is 0. The quantitative estimate of drug-likeness (QED) is 0.223. The molecule has 2 aliphatic rings. The number of nitrogens with zero attached hydrogens (tertiary/aromatic N) is 4. The Labute approximate surface area is 297 Å². The molecule has 4 aromatic rings. The van der Waals surface area contributed by atoms with Crippen molar-refractivity contribution < 1.29 is 0 Å². The van der Waals surface area contributed by atoms with E-state index >= 15 is 0 Å². The number of hydrogen-bond donors (Lipinski definition) is 2. The summed E-state index contributed by atoms with van der Waals surface area (Å²) >= 11 is 7.83. The zero-order valence-electron chi connectivity index (χ0n) is 30.1. The van der Waals surface area contributed by atoms with Gasteiger partial charge in [-0.05, 0) is 51.8 Å². The van der Waals surface area contributed by atoms with Crippen molar-refractivity contribution in [3.63, 3.8) is 0 Å². The Hall–Kier alpha value is -3.78. The molecule has 0 bridgehead atoms. The Morgan fingerprint density at radius 2 is 1.48 bits per heavy atom. The summed E-state index contributed by atoms with van der Waals surface area (Å²) in [4.78, 5) is 16.2. The van der Waals surface area contributed by atoms with Crippen molar-refractivity contribution in [1.29, 1.82) is 0 Å². The summed E-state index contributed by atoms with van der Waals surface area (Å²) in [5.41, 5.74) is 13.3. The lowest BCUT2D eigenvalue weighted by atomic mass is 10.00. The first kappa shape index (κ1) is 38.7. The van der Waals surface area contributed by atoms with Crippen LogP contribution in [0, 0.1) is 13.8 Å². The zero-order valence-corrected chi connectivity index (χ0v) is 31.7. The third-order valence-corrected chi connectivity index (χ3v) is 10.1. The Bertz CT molecular complexity index is 1750. The van der Waals surface area contributed by atoms with Gasteiger partial charge in [0.2, 0.25) is 0 Å². The van der Waals surface area contributed by atoms with E-state index in [1.165, 1.54) is 32.4 Å². The topological polar surface area (TPSA) is 63.9 Å². The van der Waals surface area contributed by atoms with E-state index in [0.717, 1.165) is 83.5 Å². The van der Waals surface area contributed by atoms with Crippen LogP contribution in [0.15, 0.2) is 78.1 Å². The predicted molar refractivity (Wildman–Crippen MR) is 214 cm³/mol. The molecule has 48 heavy (non-hydrogen) atoms. The summed E-state index contributed by atoms with van der Waals surface area (Å²) in [5, 5.41) is 6.20. The first-order chi connectivity index (χ1) is 22.9. The Kier molecular flexibility index (Phi) is 14.6. The average Bonchev–Trinajstić information content (AvgIpc) is 3.46. The number of nitrogens with two attached hydrogens (primary N) is 1. The van der Waals surface area contributed by atoms with Gasteiger partial charge in [0.15, 0.2) is 0 Å². The third-order valence-electron chi connectivity index (χ3n) is 8.64. The maximum atomic E-state index is 6.18. The monoisotopic (exact) mass is 686 g/mol. The minimum absolute atomic E-state index is 0.0176. The van der Waals surface area contributed by atoms with Crippen molar-refractivity contribution >= 4 is 57.6 Å². The molecular formula is C40H55ClN6S. The van der Waals surface area contributed by atoms with E-state index in [1.54, 1.807) is 0 Å². The summed E-state index contributed by atoms with van der Waals surface area (Å²) < 4.78 is 0. The molecule has 2 aromatic heterocycles. The number of aromatic amines is 1. The number of H-pyrrole nitrogens is 1. The number of benzene rings is 2. The van der Waals surface area contributed by atoms with Gasteiger partial charge in [-0.2, -0.15) is 0 Å². The largest absolute Gasteiger partial charge is 0.372 e. The van der Waals surface area contributed by atoms with E-state index in [4.69, 9.17) is 22.3 Å². The van der Waals surface area contributed by atoms with Gasteiger partial charge >= 0.3 is 0 Å². The van der Waals surface area contributed by atoms with Crippen molar-refractivity contribution in [2.75, 3.05) is 44.2 Å². The number of thiophene rings is 1. The van der Waals surface area contributed by atoms with Crippen LogP contribution in [0.4, 0.5) is 5.00 Å². The number of rotatable bonds is 5. The molecule has 0 spiro atoms. The second-order valence-corrected chi connectivity index (χ2v) is 13.5. The molecule has 2 aliphatic heterocycles. The number of nitrogens with one attached hydrogen (secondary N) is 1. The molecular weight excluding hydrogens is 632 g/mol. The first-order valence-corrected chi connectivity index (χ1v) is 18.1. The van der Waals surface area contributed by atoms with Crippen LogP contribution >= 0.6 is 22.9 Å². The standard InChI is InChI=1S/C17H20ClN3S.C11H20N2.C10H9N.C2H6/c1-10-11(2)22-17-15(10)16(13-4-6-14(18)7-5-13)20-8-9-21(17)12(3)19;1-5-11(4)13-8-6-12(7-9-13)10(2)3;1-7-9-5-3-4-6-10(9)8(2)11-7;1-2/h4-7,12H,8-9,19H2,1-3H3;2,4-9H2,1,3H3;3-6,11H,1-2H2;1-2H3. The zero-order chi connectivity index (χ0) is 35.5. The molecule has 8 heteroatoms. The SMILES string of the molecule is C=C(C)N1CCN(C(=C)CC)CC1.C=c1[nH]c(=C)c2ccccc12.CC.Cc1sc2c(c1C)C(c1ccc(Cl)cc1)=NCCN2C(C)N. The van der Waals surface area contributed by atoms with Crippen molar-refractivity contribution in [3.05, 3.63) is 110 Å². The maximum Gasteiger partial charge on any atom is 0.102 e. The molecule has 6 nitrogen and oxygen atoms in total. The van der Waals surface area contributed by atoms with E-state index in [-0.39, 0.29) is 6.17 Å². The van der Waals surface area contributed by atoms with Crippen LogP contribution < -0.4 is 21.3 Å². The molecule has 6 rings (SSSR count). The Balaban J connectivity index is 0.000000205.